The quantitative estimate of drug-likeness (QED) is 0.682. The number of aliphatic hydroxyl groups is 1. The number of hydrogen-bond acceptors (Lipinski definition) is 2. The third kappa shape index (κ3) is 2.60. The van der Waals surface area contributed by atoms with Crippen LogP contribution in [-0.2, 0) is 0 Å². The van der Waals surface area contributed by atoms with E-state index in [1.54, 1.807) is 0 Å². The molecule has 0 saturated heterocycles. The Kier molecular flexibility index (Phi) is 3.53. The fourth-order valence-corrected chi connectivity index (χ4v) is 1.94. The van der Waals surface area contributed by atoms with Gasteiger partial charge in [0.15, 0.2) is 0 Å². The zero-order valence-corrected chi connectivity index (χ0v) is 9.83. The van der Waals surface area contributed by atoms with Gasteiger partial charge in [-0.05, 0) is 32.4 Å². The summed E-state index contributed by atoms with van der Waals surface area (Å²) in [7, 11) is 1.00. The van der Waals surface area contributed by atoms with Gasteiger partial charge in [0, 0.05) is 18.4 Å². The Balaban J connectivity index is 0.000000531. The van der Waals surface area contributed by atoms with Crippen molar-refractivity contribution in [3.63, 3.8) is 0 Å². The van der Waals surface area contributed by atoms with Crippen molar-refractivity contribution in [3.8, 4) is 0 Å². The number of nitrogens with one attached hydrogen (secondary N) is 1. The van der Waals surface area contributed by atoms with E-state index in [1.165, 1.54) is 16.8 Å². The molecule has 1 aromatic carbocycles. The highest BCUT2D eigenvalue weighted by Crippen LogP contribution is 2.32. The van der Waals surface area contributed by atoms with Gasteiger partial charge in [-0.3, -0.25) is 0 Å². The first kappa shape index (κ1) is 11.8. The molecule has 2 heteroatoms. The predicted molar refractivity (Wildman–Crippen MR) is 65.9 cm³/mol. The van der Waals surface area contributed by atoms with Gasteiger partial charge < -0.3 is 10.4 Å². The van der Waals surface area contributed by atoms with Gasteiger partial charge in [0.05, 0.1) is 5.54 Å². The summed E-state index contributed by atoms with van der Waals surface area (Å²) in [6, 6.07) is 8.44. The lowest BCUT2D eigenvalue weighted by molar-refractivity contribution is 0.399. The van der Waals surface area contributed by atoms with Crippen LogP contribution in [0, 0.1) is 0 Å². The number of fused-ring (bicyclic) bond motifs is 1. The molecule has 1 aromatic rings. The Morgan fingerprint density at radius 3 is 2.40 bits per heavy atom. The van der Waals surface area contributed by atoms with Crippen LogP contribution in [0.4, 0.5) is 5.69 Å². The van der Waals surface area contributed by atoms with Crippen LogP contribution in [0.2, 0.25) is 0 Å². The third-order valence-electron chi connectivity index (χ3n) is 2.39. The molecule has 82 valence electrons. The largest absolute Gasteiger partial charge is 0.400 e. The molecule has 0 aromatic heterocycles. The van der Waals surface area contributed by atoms with Crippen molar-refractivity contribution in [2.24, 2.45) is 0 Å². The van der Waals surface area contributed by atoms with Crippen LogP contribution < -0.4 is 5.32 Å². The minimum absolute atomic E-state index is 0.0818. The van der Waals surface area contributed by atoms with Gasteiger partial charge in [0.1, 0.15) is 0 Å². The summed E-state index contributed by atoms with van der Waals surface area (Å²) in [5.41, 5.74) is 4.01. The zero-order valence-electron chi connectivity index (χ0n) is 9.83. The van der Waals surface area contributed by atoms with Gasteiger partial charge in [0.25, 0.3) is 0 Å². The van der Waals surface area contributed by atoms with E-state index >= 15 is 0 Å². The van der Waals surface area contributed by atoms with Crippen LogP contribution in [0.1, 0.15) is 26.3 Å². The van der Waals surface area contributed by atoms with E-state index in [0.717, 1.165) is 7.11 Å². The Morgan fingerprint density at radius 1 is 1.13 bits per heavy atom. The summed E-state index contributed by atoms with van der Waals surface area (Å²) in [5.74, 6) is 0. The number of benzene rings is 1. The lowest BCUT2D eigenvalue weighted by atomic mass is 9.91. The summed E-state index contributed by atoms with van der Waals surface area (Å²) in [5, 5.41) is 10.5. The van der Waals surface area contributed by atoms with Crippen LogP contribution in [-0.4, -0.2) is 17.8 Å². The maximum atomic E-state index is 7.00. The summed E-state index contributed by atoms with van der Waals surface area (Å²) in [6.07, 6.45) is 2.27. The van der Waals surface area contributed by atoms with Crippen molar-refractivity contribution < 1.29 is 5.11 Å². The molecule has 0 aliphatic carbocycles. The van der Waals surface area contributed by atoms with E-state index in [1.807, 2.05) is 0 Å². The molecule has 0 atom stereocenters. The van der Waals surface area contributed by atoms with Gasteiger partial charge >= 0.3 is 0 Å². The smallest absolute Gasteiger partial charge is 0.0505 e. The summed E-state index contributed by atoms with van der Waals surface area (Å²) in [6.45, 7) is 6.54. The van der Waals surface area contributed by atoms with E-state index in [4.69, 9.17) is 5.11 Å². The lowest BCUT2D eigenvalue weighted by Crippen LogP contribution is -2.31. The molecule has 0 spiro atoms. The Morgan fingerprint density at radius 2 is 1.73 bits per heavy atom. The molecule has 1 heterocycles. The van der Waals surface area contributed by atoms with Gasteiger partial charge in [-0.25, -0.2) is 0 Å². The van der Waals surface area contributed by atoms with Gasteiger partial charge in [-0.15, -0.1) is 0 Å². The average molecular weight is 205 g/mol. The number of anilines is 1. The summed E-state index contributed by atoms with van der Waals surface area (Å²) >= 11 is 0. The fraction of sp³-hybridized carbons (Fsp3) is 0.385. The zero-order chi connectivity index (χ0) is 11.5. The van der Waals surface area contributed by atoms with Crippen molar-refractivity contribution >= 4 is 11.3 Å². The maximum Gasteiger partial charge on any atom is 0.0505 e. The van der Waals surface area contributed by atoms with Crippen LogP contribution in [0.3, 0.4) is 0 Å². The second-order valence-electron chi connectivity index (χ2n) is 4.22. The molecule has 0 saturated carbocycles. The van der Waals surface area contributed by atoms with Crippen molar-refractivity contribution in [3.05, 3.63) is 35.9 Å². The molecule has 2 N–H and O–H groups in total. The van der Waals surface area contributed by atoms with Crippen LogP contribution in [0.25, 0.3) is 5.57 Å². The molecule has 2 rings (SSSR count). The minimum atomic E-state index is 0.0818. The molecule has 0 unspecified atom stereocenters. The van der Waals surface area contributed by atoms with Crippen LogP contribution in [0.5, 0.6) is 0 Å². The van der Waals surface area contributed by atoms with E-state index in [-0.39, 0.29) is 5.54 Å². The van der Waals surface area contributed by atoms with Crippen LogP contribution in [0.15, 0.2) is 30.3 Å². The van der Waals surface area contributed by atoms with E-state index in [9.17, 15) is 0 Å². The standard InChI is InChI=1S/C12H15N.CH4O/c1-9-8-12(2,3)13-11-7-5-4-6-10(9)11;1-2/h4-8,13H,1-3H3;2H,1H3. The van der Waals surface area contributed by atoms with Crippen molar-refractivity contribution in [2.45, 2.75) is 26.3 Å². The molecule has 1 aliphatic rings. The molecule has 1 aliphatic heterocycles. The third-order valence-corrected chi connectivity index (χ3v) is 2.39. The molecule has 2 nitrogen and oxygen atoms in total. The lowest BCUT2D eigenvalue weighted by Gasteiger charge is -2.31. The van der Waals surface area contributed by atoms with E-state index in [2.05, 4.69) is 56.4 Å². The molecule has 0 bridgehead atoms. The SMILES string of the molecule is CC1=CC(C)(C)Nc2ccccc21.CO. The second-order valence-corrected chi connectivity index (χ2v) is 4.22. The summed E-state index contributed by atoms with van der Waals surface area (Å²) in [4.78, 5) is 0. The number of hydrogen-bond donors (Lipinski definition) is 2. The Labute approximate surface area is 91.6 Å². The number of rotatable bonds is 0. The molecule has 0 amide bonds. The molecule has 15 heavy (non-hydrogen) atoms. The number of allylic oxidation sites excluding steroid dienone is 1. The first-order valence-corrected chi connectivity index (χ1v) is 5.10. The van der Waals surface area contributed by atoms with E-state index < -0.39 is 0 Å². The molecule has 0 radical (unpaired) electrons. The van der Waals surface area contributed by atoms with Crippen LogP contribution >= 0.6 is 0 Å². The fourth-order valence-electron chi connectivity index (χ4n) is 1.94. The highest BCUT2D eigenvalue weighted by molar-refractivity contribution is 5.79. The Hall–Kier alpha value is -1.28. The maximum absolute atomic E-state index is 7.00. The first-order valence-electron chi connectivity index (χ1n) is 5.10. The average Bonchev–Trinajstić information content (AvgIpc) is 2.19. The van der Waals surface area contributed by atoms with Crippen molar-refractivity contribution in [1.29, 1.82) is 0 Å². The first-order chi connectivity index (χ1) is 7.08. The van der Waals surface area contributed by atoms with Gasteiger partial charge in [0.2, 0.25) is 0 Å². The minimum Gasteiger partial charge on any atom is -0.400 e. The molecular weight excluding hydrogens is 186 g/mol. The van der Waals surface area contributed by atoms with Gasteiger partial charge in [-0.2, -0.15) is 0 Å². The van der Waals surface area contributed by atoms with Crippen molar-refractivity contribution in [1.82, 2.24) is 0 Å². The van der Waals surface area contributed by atoms with Gasteiger partial charge in [-0.1, -0.05) is 24.3 Å². The highest BCUT2D eigenvalue weighted by Gasteiger charge is 2.21. The van der Waals surface area contributed by atoms with Crippen molar-refractivity contribution in [2.75, 3.05) is 12.4 Å². The molecule has 0 fully saturated rings. The number of aliphatic hydroxyl groups excluding tert-OH is 1. The Bertz CT molecular complexity index is 367. The number of para-hydroxylation sites is 1. The predicted octanol–water partition coefficient (Wildman–Crippen LogP) is 2.90. The second kappa shape index (κ2) is 4.49. The normalized spacial score (nSPS) is 16.5. The topological polar surface area (TPSA) is 32.3 Å². The molecular formula is C13H19NO. The summed E-state index contributed by atoms with van der Waals surface area (Å²) < 4.78 is 0. The highest BCUT2D eigenvalue weighted by atomic mass is 16.2. The monoisotopic (exact) mass is 205 g/mol. The van der Waals surface area contributed by atoms with E-state index in [0.29, 0.717) is 0 Å².